The fourth-order valence-electron chi connectivity index (χ4n) is 3.07. The Morgan fingerprint density at radius 1 is 1.15 bits per heavy atom. The Hall–Kier alpha value is -2.99. The van der Waals surface area contributed by atoms with Crippen LogP contribution in [0.25, 0.3) is 10.9 Å². The predicted octanol–water partition coefficient (Wildman–Crippen LogP) is 3.17. The highest BCUT2D eigenvalue weighted by atomic mass is 16.2. The zero-order valence-electron chi connectivity index (χ0n) is 16.0. The standard InChI is InChI=1S/C21H24N4O2/c1-13-8-7-9-14(2)19(13)23-18(26)12-25(4)15(3)20-22-17-11-6-5-10-16(17)21(27)24-20/h5-11,15H,12H2,1-4H3,(H,23,26)(H,22,24,27)/t15-/m1/s1. The second-order valence-corrected chi connectivity index (χ2v) is 6.87. The molecule has 1 atom stereocenters. The first-order valence-corrected chi connectivity index (χ1v) is 8.92. The molecule has 1 amide bonds. The number of aryl methyl sites for hydroxylation is 2. The number of para-hydroxylation sites is 2. The number of hydrogen-bond acceptors (Lipinski definition) is 4. The molecule has 2 N–H and O–H groups in total. The van der Waals surface area contributed by atoms with Gasteiger partial charge in [0.1, 0.15) is 5.82 Å². The van der Waals surface area contributed by atoms with Crippen molar-refractivity contribution in [2.45, 2.75) is 26.8 Å². The maximum absolute atomic E-state index is 12.5. The summed E-state index contributed by atoms with van der Waals surface area (Å²) in [7, 11) is 1.84. The van der Waals surface area contributed by atoms with E-state index in [1.165, 1.54) is 0 Å². The molecule has 6 nitrogen and oxygen atoms in total. The van der Waals surface area contributed by atoms with Gasteiger partial charge in [0.05, 0.1) is 23.5 Å². The highest BCUT2D eigenvalue weighted by Crippen LogP contribution is 2.20. The van der Waals surface area contributed by atoms with Crippen molar-refractivity contribution in [1.29, 1.82) is 0 Å². The van der Waals surface area contributed by atoms with E-state index in [2.05, 4.69) is 15.3 Å². The van der Waals surface area contributed by atoms with E-state index in [9.17, 15) is 9.59 Å². The van der Waals surface area contributed by atoms with Gasteiger partial charge in [-0.05, 0) is 51.1 Å². The molecule has 0 radical (unpaired) electrons. The molecular weight excluding hydrogens is 340 g/mol. The third-order valence-electron chi connectivity index (χ3n) is 4.83. The molecule has 1 heterocycles. The zero-order valence-corrected chi connectivity index (χ0v) is 16.0. The van der Waals surface area contributed by atoms with Crippen molar-refractivity contribution in [1.82, 2.24) is 14.9 Å². The first-order valence-electron chi connectivity index (χ1n) is 8.92. The minimum Gasteiger partial charge on any atom is -0.324 e. The average molecular weight is 364 g/mol. The summed E-state index contributed by atoms with van der Waals surface area (Å²) in [5.74, 6) is 0.436. The van der Waals surface area contributed by atoms with Gasteiger partial charge in [0.15, 0.2) is 0 Å². The molecule has 0 aliphatic heterocycles. The Balaban J connectivity index is 1.75. The van der Waals surface area contributed by atoms with Gasteiger partial charge in [-0.1, -0.05) is 30.3 Å². The van der Waals surface area contributed by atoms with Crippen LogP contribution in [-0.2, 0) is 4.79 Å². The molecule has 6 heteroatoms. The molecule has 3 rings (SSSR count). The number of carbonyl (C=O) groups excluding carboxylic acids is 1. The molecule has 1 aromatic heterocycles. The SMILES string of the molecule is Cc1cccc(C)c1NC(=O)CN(C)[C@H](C)c1nc2ccccc2c(=O)[nH]1. The Morgan fingerprint density at radius 3 is 2.52 bits per heavy atom. The smallest absolute Gasteiger partial charge is 0.258 e. The Bertz CT molecular complexity index is 1020. The van der Waals surface area contributed by atoms with Gasteiger partial charge in [0.25, 0.3) is 5.56 Å². The van der Waals surface area contributed by atoms with Crippen LogP contribution in [0, 0.1) is 13.8 Å². The maximum Gasteiger partial charge on any atom is 0.258 e. The third-order valence-corrected chi connectivity index (χ3v) is 4.83. The van der Waals surface area contributed by atoms with Crippen molar-refractivity contribution in [3.05, 3.63) is 69.8 Å². The highest BCUT2D eigenvalue weighted by Gasteiger charge is 2.18. The number of H-pyrrole nitrogens is 1. The van der Waals surface area contributed by atoms with Crippen molar-refractivity contribution in [3.63, 3.8) is 0 Å². The lowest BCUT2D eigenvalue weighted by atomic mass is 10.1. The number of benzene rings is 2. The summed E-state index contributed by atoms with van der Waals surface area (Å²) in [4.78, 5) is 34.0. The van der Waals surface area contributed by atoms with Crippen LogP contribution in [0.5, 0.6) is 0 Å². The van der Waals surface area contributed by atoms with Crippen LogP contribution in [-0.4, -0.2) is 34.4 Å². The number of hydrogen-bond donors (Lipinski definition) is 2. The van der Waals surface area contributed by atoms with E-state index >= 15 is 0 Å². The number of amides is 1. The van der Waals surface area contributed by atoms with Crippen LogP contribution in [0.15, 0.2) is 47.3 Å². The lowest BCUT2D eigenvalue weighted by molar-refractivity contribution is -0.117. The fraction of sp³-hybridized carbons (Fsp3) is 0.286. The molecule has 140 valence electrons. The number of aromatic amines is 1. The summed E-state index contributed by atoms with van der Waals surface area (Å²) >= 11 is 0. The zero-order chi connectivity index (χ0) is 19.6. The molecule has 0 spiro atoms. The molecular formula is C21H24N4O2. The Morgan fingerprint density at radius 2 is 1.81 bits per heavy atom. The number of carbonyl (C=O) groups is 1. The van der Waals surface area contributed by atoms with Crippen molar-refractivity contribution >= 4 is 22.5 Å². The molecule has 0 fully saturated rings. The van der Waals surface area contributed by atoms with Gasteiger partial charge in [0, 0.05) is 5.69 Å². The van der Waals surface area contributed by atoms with Crippen LogP contribution < -0.4 is 10.9 Å². The van der Waals surface area contributed by atoms with Crippen LogP contribution in [0.1, 0.15) is 29.9 Å². The van der Waals surface area contributed by atoms with Crippen molar-refractivity contribution < 1.29 is 4.79 Å². The molecule has 27 heavy (non-hydrogen) atoms. The largest absolute Gasteiger partial charge is 0.324 e. The molecule has 3 aromatic rings. The van der Waals surface area contributed by atoms with E-state index in [4.69, 9.17) is 0 Å². The van der Waals surface area contributed by atoms with Gasteiger partial charge >= 0.3 is 0 Å². The first-order chi connectivity index (χ1) is 12.9. The topological polar surface area (TPSA) is 78.1 Å². The summed E-state index contributed by atoms with van der Waals surface area (Å²) in [5.41, 5.74) is 3.38. The fourth-order valence-corrected chi connectivity index (χ4v) is 3.07. The van der Waals surface area contributed by atoms with E-state index in [0.717, 1.165) is 16.8 Å². The summed E-state index contributed by atoms with van der Waals surface area (Å²) in [6, 6.07) is 12.9. The number of likely N-dealkylation sites (N-methyl/N-ethyl adjacent to an activating group) is 1. The number of rotatable bonds is 5. The van der Waals surface area contributed by atoms with Crippen LogP contribution in [0.4, 0.5) is 5.69 Å². The summed E-state index contributed by atoms with van der Waals surface area (Å²) in [6.07, 6.45) is 0. The Labute approximate surface area is 158 Å². The van der Waals surface area contributed by atoms with Crippen LogP contribution in [0.3, 0.4) is 0 Å². The minimum atomic E-state index is -0.217. The second kappa shape index (κ2) is 7.72. The molecule has 0 saturated heterocycles. The first kappa shape index (κ1) is 18.8. The van der Waals surface area contributed by atoms with Gasteiger partial charge in [0.2, 0.25) is 5.91 Å². The summed E-state index contributed by atoms with van der Waals surface area (Å²) in [5, 5.41) is 3.54. The van der Waals surface area contributed by atoms with Crippen molar-refractivity contribution in [2.75, 3.05) is 18.9 Å². The molecule has 0 aliphatic rings. The van der Waals surface area contributed by atoms with Gasteiger partial charge < -0.3 is 10.3 Å². The third kappa shape index (κ3) is 4.06. The van der Waals surface area contributed by atoms with Crippen LogP contribution >= 0.6 is 0 Å². The minimum absolute atomic E-state index is 0.107. The number of nitrogens with one attached hydrogen (secondary N) is 2. The quantitative estimate of drug-likeness (QED) is 0.729. The van der Waals surface area contributed by atoms with Gasteiger partial charge in [-0.2, -0.15) is 0 Å². The summed E-state index contributed by atoms with van der Waals surface area (Å²) in [6.45, 7) is 6.04. The number of nitrogens with zero attached hydrogens (tertiary/aromatic N) is 2. The van der Waals surface area contributed by atoms with Crippen molar-refractivity contribution in [2.24, 2.45) is 0 Å². The number of anilines is 1. The lowest BCUT2D eigenvalue weighted by Crippen LogP contribution is -2.34. The van der Waals surface area contributed by atoms with Gasteiger partial charge in [-0.15, -0.1) is 0 Å². The molecule has 0 unspecified atom stereocenters. The number of aromatic nitrogens is 2. The maximum atomic E-state index is 12.5. The molecule has 0 saturated carbocycles. The van der Waals surface area contributed by atoms with E-state index in [-0.39, 0.29) is 24.1 Å². The van der Waals surface area contributed by atoms with E-state index in [1.807, 2.05) is 69.1 Å². The Kier molecular flexibility index (Phi) is 5.37. The normalized spacial score (nSPS) is 12.3. The second-order valence-electron chi connectivity index (χ2n) is 6.87. The van der Waals surface area contributed by atoms with E-state index < -0.39 is 0 Å². The van der Waals surface area contributed by atoms with Gasteiger partial charge in [-0.25, -0.2) is 4.98 Å². The van der Waals surface area contributed by atoms with Crippen molar-refractivity contribution in [3.8, 4) is 0 Å². The molecule has 0 aliphatic carbocycles. The summed E-state index contributed by atoms with van der Waals surface area (Å²) < 4.78 is 0. The average Bonchev–Trinajstić information content (AvgIpc) is 2.64. The van der Waals surface area contributed by atoms with Crippen LogP contribution in [0.2, 0.25) is 0 Å². The van der Waals surface area contributed by atoms with E-state index in [0.29, 0.717) is 16.7 Å². The van der Waals surface area contributed by atoms with E-state index in [1.54, 1.807) is 6.07 Å². The van der Waals surface area contributed by atoms with Gasteiger partial charge in [-0.3, -0.25) is 14.5 Å². The molecule has 0 bridgehead atoms. The molecule has 2 aromatic carbocycles. The highest BCUT2D eigenvalue weighted by molar-refractivity contribution is 5.93. The predicted molar refractivity (Wildman–Crippen MR) is 108 cm³/mol. The monoisotopic (exact) mass is 364 g/mol. The lowest BCUT2D eigenvalue weighted by Gasteiger charge is -2.24. The number of fused-ring (bicyclic) bond motifs is 1.